The molecule has 7 heteroatoms. The number of rotatable bonds is 6. The fourth-order valence-corrected chi connectivity index (χ4v) is 4.04. The lowest BCUT2D eigenvalue weighted by atomic mass is 9.76. The highest BCUT2D eigenvalue weighted by molar-refractivity contribution is 7.90. The maximum absolute atomic E-state index is 13.4. The zero-order chi connectivity index (χ0) is 18.9. The van der Waals surface area contributed by atoms with Gasteiger partial charge in [-0.2, -0.15) is 0 Å². The second-order valence-electron chi connectivity index (χ2n) is 6.51. The second kappa shape index (κ2) is 6.72. The van der Waals surface area contributed by atoms with E-state index in [1.807, 2.05) is 17.7 Å². The fraction of sp³-hybridized carbons (Fsp3) is 0.368. The molecular formula is C19H21NO5S. The van der Waals surface area contributed by atoms with Gasteiger partial charge >= 0.3 is 5.97 Å². The van der Waals surface area contributed by atoms with Gasteiger partial charge in [-0.25, -0.2) is 8.42 Å². The minimum Gasteiger partial charge on any atom is -0.465 e. The van der Waals surface area contributed by atoms with Gasteiger partial charge in [-0.15, -0.1) is 0 Å². The third-order valence-electron chi connectivity index (χ3n) is 4.69. The summed E-state index contributed by atoms with van der Waals surface area (Å²) in [5.74, 6) is -1.01. The van der Waals surface area contributed by atoms with Crippen LogP contribution in [0.4, 0.5) is 0 Å². The summed E-state index contributed by atoms with van der Waals surface area (Å²) in [6.45, 7) is 2.65. The van der Waals surface area contributed by atoms with Crippen molar-refractivity contribution in [2.45, 2.75) is 36.6 Å². The lowest BCUT2D eigenvalue weighted by molar-refractivity contribution is -0.148. The molecule has 1 aliphatic heterocycles. The minimum absolute atomic E-state index is 0.0498. The highest BCUT2D eigenvalue weighted by atomic mass is 32.2. The Hall–Kier alpha value is -2.41. The molecule has 1 aromatic heterocycles. The Morgan fingerprint density at radius 2 is 2.00 bits per heavy atom. The maximum atomic E-state index is 13.4. The number of Topliss-reactive ketones (excluding diaryl/α,β-unsaturated/α-hetero) is 1. The fourth-order valence-electron chi connectivity index (χ4n) is 3.37. The van der Waals surface area contributed by atoms with E-state index in [-0.39, 0.29) is 17.1 Å². The molecule has 1 aromatic carbocycles. The van der Waals surface area contributed by atoms with Gasteiger partial charge in [0.1, 0.15) is 0 Å². The standard InChI is InChI=1S/C19H21NO5S/c1-3-12-25-18(22)19(9-11-20-10-5-8-16(19)20)17(21)14-6-4-7-15(13-14)26(2,23)24/h4-8,10,13H,3,9,11-12H2,1-2H3. The van der Waals surface area contributed by atoms with Crippen molar-refractivity contribution in [2.24, 2.45) is 0 Å². The van der Waals surface area contributed by atoms with E-state index in [0.717, 1.165) is 6.26 Å². The Balaban J connectivity index is 2.10. The Kier molecular flexibility index (Phi) is 4.75. The molecule has 3 rings (SSSR count). The van der Waals surface area contributed by atoms with Crippen molar-refractivity contribution in [2.75, 3.05) is 12.9 Å². The molecule has 6 nitrogen and oxygen atoms in total. The van der Waals surface area contributed by atoms with Crippen molar-refractivity contribution in [3.63, 3.8) is 0 Å². The quantitative estimate of drug-likeness (QED) is 0.440. The van der Waals surface area contributed by atoms with Crippen LogP contribution in [0.1, 0.15) is 35.8 Å². The number of carbonyl (C=O) groups excluding carboxylic acids is 2. The Morgan fingerprint density at radius 3 is 2.69 bits per heavy atom. The molecule has 2 heterocycles. The molecule has 0 saturated heterocycles. The van der Waals surface area contributed by atoms with Gasteiger partial charge < -0.3 is 9.30 Å². The summed E-state index contributed by atoms with van der Waals surface area (Å²) in [7, 11) is -3.46. The number of hydrogen-bond donors (Lipinski definition) is 0. The van der Waals surface area contributed by atoms with Gasteiger partial charge in [-0.1, -0.05) is 19.1 Å². The van der Waals surface area contributed by atoms with Gasteiger partial charge in [0.05, 0.1) is 11.5 Å². The smallest absolute Gasteiger partial charge is 0.326 e. The molecule has 1 unspecified atom stereocenters. The second-order valence-corrected chi connectivity index (χ2v) is 8.52. The Bertz CT molecular complexity index is 960. The van der Waals surface area contributed by atoms with Crippen molar-refractivity contribution in [1.29, 1.82) is 0 Å². The number of aromatic nitrogens is 1. The summed E-state index contributed by atoms with van der Waals surface area (Å²) in [5, 5.41) is 0. The first-order valence-corrected chi connectivity index (χ1v) is 10.4. The largest absolute Gasteiger partial charge is 0.465 e. The topological polar surface area (TPSA) is 82.4 Å². The SMILES string of the molecule is CCCOC(=O)C1(C(=O)c2cccc(S(C)(=O)=O)c2)CCn2cccc21. The van der Waals surface area contributed by atoms with E-state index in [9.17, 15) is 18.0 Å². The molecular weight excluding hydrogens is 354 g/mol. The molecule has 138 valence electrons. The zero-order valence-corrected chi connectivity index (χ0v) is 15.6. The van der Waals surface area contributed by atoms with Crippen LogP contribution in [-0.2, 0) is 31.3 Å². The summed E-state index contributed by atoms with van der Waals surface area (Å²) < 4.78 is 30.9. The van der Waals surface area contributed by atoms with E-state index in [4.69, 9.17) is 4.74 Å². The average Bonchev–Trinajstić information content (AvgIpc) is 3.21. The van der Waals surface area contributed by atoms with E-state index < -0.39 is 27.0 Å². The van der Waals surface area contributed by atoms with Gasteiger partial charge in [0, 0.05) is 30.3 Å². The van der Waals surface area contributed by atoms with Gasteiger partial charge in [0.2, 0.25) is 0 Å². The van der Waals surface area contributed by atoms with Crippen molar-refractivity contribution >= 4 is 21.6 Å². The number of carbonyl (C=O) groups is 2. The normalized spacial score (nSPS) is 19.2. The molecule has 0 N–H and O–H groups in total. The zero-order valence-electron chi connectivity index (χ0n) is 14.8. The lowest BCUT2D eigenvalue weighted by Gasteiger charge is -2.25. The molecule has 0 amide bonds. The number of aryl methyl sites for hydroxylation is 1. The average molecular weight is 375 g/mol. The van der Waals surface area contributed by atoms with Crippen molar-refractivity contribution in [3.8, 4) is 0 Å². The summed E-state index contributed by atoms with van der Waals surface area (Å²) in [5.41, 5.74) is -0.654. The van der Waals surface area contributed by atoms with E-state index in [0.29, 0.717) is 25.1 Å². The molecule has 0 aliphatic carbocycles. The van der Waals surface area contributed by atoms with E-state index in [2.05, 4.69) is 0 Å². The number of ketones is 1. The van der Waals surface area contributed by atoms with Gasteiger partial charge in [0.25, 0.3) is 0 Å². The third kappa shape index (κ3) is 2.96. The molecule has 26 heavy (non-hydrogen) atoms. The molecule has 0 bridgehead atoms. The summed E-state index contributed by atoms with van der Waals surface area (Å²) in [6.07, 6.45) is 3.86. The minimum atomic E-state index is -3.46. The first kappa shape index (κ1) is 18.4. The van der Waals surface area contributed by atoms with Gasteiger partial charge in [0.15, 0.2) is 21.0 Å². The number of nitrogens with zero attached hydrogens (tertiary/aromatic N) is 1. The first-order valence-electron chi connectivity index (χ1n) is 8.48. The van der Waals surface area contributed by atoms with Crippen molar-refractivity contribution < 1.29 is 22.7 Å². The summed E-state index contributed by atoms with van der Waals surface area (Å²) >= 11 is 0. The van der Waals surface area contributed by atoms with Crippen LogP contribution in [0.15, 0.2) is 47.5 Å². The van der Waals surface area contributed by atoms with Crippen LogP contribution in [0.3, 0.4) is 0 Å². The number of sulfone groups is 1. The lowest BCUT2D eigenvalue weighted by Crippen LogP contribution is -2.43. The molecule has 2 aromatic rings. The van der Waals surface area contributed by atoms with Gasteiger partial charge in [-0.3, -0.25) is 9.59 Å². The summed E-state index contributed by atoms with van der Waals surface area (Å²) in [6, 6.07) is 9.36. The van der Waals surface area contributed by atoms with Crippen molar-refractivity contribution in [3.05, 3.63) is 53.9 Å². The molecule has 1 atom stereocenters. The number of esters is 1. The molecule has 1 aliphatic rings. The maximum Gasteiger partial charge on any atom is 0.326 e. The highest BCUT2D eigenvalue weighted by Gasteiger charge is 2.53. The third-order valence-corrected chi connectivity index (χ3v) is 5.80. The molecule has 0 fully saturated rings. The van der Waals surface area contributed by atoms with Gasteiger partial charge in [-0.05, 0) is 37.1 Å². The molecule has 0 saturated carbocycles. The van der Waals surface area contributed by atoms with Crippen LogP contribution in [-0.4, -0.2) is 37.6 Å². The van der Waals surface area contributed by atoms with Crippen LogP contribution in [0, 0.1) is 0 Å². The predicted molar refractivity (Wildman–Crippen MR) is 95.9 cm³/mol. The molecule has 0 spiro atoms. The highest BCUT2D eigenvalue weighted by Crippen LogP contribution is 2.40. The van der Waals surface area contributed by atoms with E-state index >= 15 is 0 Å². The van der Waals surface area contributed by atoms with Crippen molar-refractivity contribution in [1.82, 2.24) is 4.57 Å². The monoisotopic (exact) mass is 375 g/mol. The van der Waals surface area contributed by atoms with Crippen LogP contribution in [0.2, 0.25) is 0 Å². The van der Waals surface area contributed by atoms with Crippen LogP contribution < -0.4 is 0 Å². The number of fused-ring (bicyclic) bond motifs is 1. The summed E-state index contributed by atoms with van der Waals surface area (Å²) in [4.78, 5) is 26.4. The number of ether oxygens (including phenoxy) is 1. The van der Waals surface area contributed by atoms with Crippen LogP contribution in [0.5, 0.6) is 0 Å². The number of hydrogen-bond acceptors (Lipinski definition) is 5. The Morgan fingerprint density at radius 1 is 1.23 bits per heavy atom. The Labute approximate surface area is 152 Å². The predicted octanol–water partition coefficient (Wildman–Crippen LogP) is 2.37. The molecule has 0 radical (unpaired) electrons. The first-order chi connectivity index (χ1) is 12.3. The number of benzene rings is 1. The van der Waals surface area contributed by atoms with E-state index in [1.165, 1.54) is 24.3 Å². The van der Waals surface area contributed by atoms with Crippen LogP contribution in [0.25, 0.3) is 0 Å². The van der Waals surface area contributed by atoms with E-state index in [1.54, 1.807) is 12.1 Å². The van der Waals surface area contributed by atoms with Crippen LogP contribution >= 0.6 is 0 Å².